The first kappa shape index (κ1) is 33.2. The average molecular weight is 521 g/mol. The number of esters is 1. The van der Waals surface area contributed by atoms with Crippen LogP contribution in [0, 0.1) is 0 Å². The maximum Gasteiger partial charge on any atom is 0.305 e. The van der Waals surface area contributed by atoms with E-state index in [1.807, 2.05) is 0 Å². The lowest BCUT2D eigenvalue weighted by molar-refractivity contribution is -0.305. The molecule has 6 atom stereocenters. The number of aliphatic hydroxyl groups excluding tert-OH is 5. The van der Waals surface area contributed by atoms with E-state index in [1.54, 1.807) is 0 Å². The van der Waals surface area contributed by atoms with E-state index >= 15 is 0 Å². The molecule has 214 valence electrons. The Morgan fingerprint density at radius 2 is 1.25 bits per heavy atom. The molecule has 1 rings (SSSR count). The van der Waals surface area contributed by atoms with Crippen molar-refractivity contribution < 1.29 is 44.5 Å². The van der Waals surface area contributed by atoms with E-state index in [-0.39, 0.29) is 19.2 Å². The SMILES string of the molecule is CCCCCCCCCCCCCCCCCC(=O)OCC(O)CO[C@@H]1O[C@H](CO)[C@@H](O)[C@H](O)[C@H]1O. The number of ether oxygens (including phenoxy) is 3. The van der Waals surface area contributed by atoms with Crippen LogP contribution in [0.25, 0.3) is 0 Å². The molecule has 9 heteroatoms. The van der Waals surface area contributed by atoms with Crippen molar-refractivity contribution in [3.05, 3.63) is 0 Å². The van der Waals surface area contributed by atoms with E-state index in [1.165, 1.54) is 77.0 Å². The average Bonchev–Trinajstić information content (AvgIpc) is 2.88. The molecule has 1 unspecified atom stereocenters. The van der Waals surface area contributed by atoms with E-state index in [0.717, 1.165) is 19.3 Å². The van der Waals surface area contributed by atoms with Crippen LogP contribution in [0.5, 0.6) is 0 Å². The first-order valence-electron chi connectivity index (χ1n) is 14.2. The predicted molar refractivity (Wildman–Crippen MR) is 136 cm³/mol. The van der Waals surface area contributed by atoms with E-state index in [4.69, 9.17) is 14.2 Å². The van der Waals surface area contributed by atoms with E-state index in [0.29, 0.717) is 6.42 Å². The number of carbonyl (C=O) groups is 1. The third-order valence-corrected chi connectivity index (χ3v) is 6.72. The molecule has 0 spiro atoms. The molecule has 0 aromatic rings. The summed E-state index contributed by atoms with van der Waals surface area (Å²) < 4.78 is 15.5. The van der Waals surface area contributed by atoms with E-state index in [2.05, 4.69) is 6.92 Å². The van der Waals surface area contributed by atoms with Gasteiger partial charge >= 0.3 is 5.97 Å². The highest BCUT2D eigenvalue weighted by Gasteiger charge is 2.44. The number of rotatable bonds is 22. The van der Waals surface area contributed by atoms with Crippen LogP contribution in [0.4, 0.5) is 0 Å². The first-order valence-corrected chi connectivity index (χ1v) is 14.2. The van der Waals surface area contributed by atoms with Crippen LogP contribution < -0.4 is 0 Å². The van der Waals surface area contributed by atoms with Gasteiger partial charge in [0, 0.05) is 6.42 Å². The standard InChI is InChI=1S/C27H52O9/c1-2-3-4-5-6-7-8-9-10-11-12-13-14-15-16-17-23(30)34-19-21(29)20-35-27-26(33)25(32)24(31)22(18-28)36-27/h21-22,24-29,31-33H,2-20H2,1H3/t21?,22-,24-,25+,26-,27-/m1/s1. The Bertz CT molecular complexity index is 531. The van der Waals surface area contributed by atoms with Crippen molar-refractivity contribution in [3.63, 3.8) is 0 Å². The molecule has 1 saturated heterocycles. The molecular weight excluding hydrogens is 468 g/mol. The summed E-state index contributed by atoms with van der Waals surface area (Å²) in [5.41, 5.74) is 0. The summed E-state index contributed by atoms with van der Waals surface area (Å²) in [5, 5.41) is 48.5. The molecule has 0 aromatic heterocycles. The van der Waals surface area contributed by atoms with Crippen molar-refractivity contribution in [2.75, 3.05) is 19.8 Å². The van der Waals surface area contributed by atoms with Gasteiger partial charge in [0.05, 0.1) is 13.2 Å². The summed E-state index contributed by atoms with van der Waals surface area (Å²) in [6.45, 7) is 1.12. The van der Waals surface area contributed by atoms with Gasteiger partial charge in [-0.05, 0) is 6.42 Å². The zero-order chi connectivity index (χ0) is 26.6. The topological polar surface area (TPSA) is 146 Å². The van der Waals surface area contributed by atoms with Crippen molar-refractivity contribution in [2.45, 2.75) is 146 Å². The number of carbonyl (C=O) groups excluding carboxylic acids is 1. The fourth-order valence-electron chi connectivity index (χ4n) is 4.36. The van der Waals surface area contributed by atoms with Crippen molar-refractivity contribution >= 4 is 5.97 Å². The fraction of sp³-hybridized carbons (Fsp3) is 0.963. The lowest BCUT2D eigenvalue weighted by atomic mass is 9.99. The molecule has 0 radical (unpaired) electrons. The predicted octanol–water partition coefficient (Wildman–Crippen LogP) is 2.97. The normalized spacial score (nSPS) is 25.1. The van der Waals surface area contributed by atoms with Gasteiger partial charge in [-0.15, -0.1) is 0 Å². The first-order chi connectivity index (χ1) is 17.4. The molecule has 1 heterocycles. The summed E-state index contributed by atoms with van der Waals surface area (Å²) in [6.07, 6.45) is 11.0. The number of hydrogen-bond acceptors (Lipinski definition) is 9. The molecule has 0 aromatic carbocycles. The Kier molecular flexibility index (Phi) is 19.5. The van der Waals surface area contributed by atoms with Crippen molar-refractivity contribution in [2.24, 2.45) is 0 Å². The van der Waals surface area contributed by atoms with Crippen LogP contribution in [0.1, 0.15) is 110 Å². The Morgan fingerprint density at radius 3 is 1.75 bits per heavy atom. The minimum atomic E-state index is -1.55. The summed E-state index contributed by atoms with van der Waals surface area (Å²) in [7, 11) is 0. The maximum absolute atomic E-state index is 11.9. The lowest BCUT2D eigenvalue weighted by Crippen LogP contribution is -2.59. The number of hydrogen-bond donors (Lipinski definition) is 5. The number of unbranched alkanes of at least 4 members (excludes halogenated alkanes) is 14. The summed E-state index contributed by atoms with van der Waals surface area (Å²) in [5.74, 6) is -0.378. The van der Waals surface area contributed by atoms with Gasteiger partial charge in [0.1, 0.15) is 37.1 Å². The van der Waals surface area contributed by atoms with Crippen LogP contribution in [0.2, 0.25) is 0 Å². The molecule has 1 aliphatic heterocycles. The van der Waals surface area contributed by atoms with Gasteiger partial charge in [0.15, 0.2) is 6.29 Å². The van der Waals surface area contributed by atoms with Gasteiger partial charge in [-0.3, -0.25) is 4.79 Å². The Hall–Kier alpha value is -0.810. The summed E-state index contributed by atoms with van der Waals surface area (Å²) in [6, 6.07) is 0. The van der Waals surface area contributed by atoms with Gasteiger partial charge < -0.3 is 39.7 Å². The zero-order valence-electron chi connectivity index (χ0n) is 22.3. The largest absolute Gasteiger partial charge is 0.463 e. The van der Waals surface area contributed by atoms with Crippen molar-refractivity contribution in [3.8, 4) is 0 Å². The Morgan fingerprint density at radius 1 is 0.750 bits per heavy atom. The second-order valence-electron chi connectivity index (χ2n) is 10.1. The van der Waals surface area contributed by atoms with E-state index in [9.17, 15) is 30.3 Å². The molecule has 5 N–H and O–H groups in total. The smallest absolute Gasteiger partial charge is 0.305 e. The van der Waals surface area contributed by atoms with Gasteiger partial charge in [-0.1, -0.05) is 96.8 Å². The highest BCUT2D eigenvalue weighted by Crippen LogP contribution is 2.22. The van der Waals surface area contributed by atoms with Crippen molar-refractivity contribution in [1.29, 1.82) is 0 Å². The van der Waals surface area contributed by atoms with Gasteiger partial charge in [0.25, 0.3) is 0 Å². The molecule has 0 bridgehead atoms. The molecule has 1 aliphatic rings. The molecule has 0 aliphatic carbocycles. The van der Waals surface area contributed by atoms with Crippen molar-refractivity contribution in [1.82, 2.24) is 0 Å². The monoisotopic (exact) mass is 520 g/mol. The molecule has 9 nitrogen and oxygen atoms in total. The highest BCUT2D eigenvalue weighted by molar-refractivity contribution is 5.69. The highest BCUT2D eigenvalue weighted by atomic mass is 16.7. The third-order valence-electron chi connectivity index (χ3n) is 6.72. The maximum atomic E-state index is 11.9. The Labute approximate surface area is 217 Å². The van der Waals surface area contributed by atoms with Gasteiger partial charge in [-0.2, -0.15) is 0 Å². The van der Waals surface area contributed by atoms with Crippen LogP contribution in [-0.2, 0) is 19.0 Å². The summed E-state index contributed by atoms with van der Waals surface area (Å²) >= 11 is 0. The van der Waals surface area contributed by atoms with Crippen LogP contribution in [0.3, 0.4) is 0 Å². The minimum Gasteiger partial charge on any atom is -0.463 e. The summed E-state index contributed by atoms with van der Waals surface area (Å²) in [4.78, 5) is 11.9. The number of aliphatic hydroxyl groups is 5. The fourth-order valence-corrected chi connectivity index (χ4v) is 4.36. The second-order valence-corrected chi connectivity index (χ2v) is 10.1. The molecule has 0 saturated carbocycles. The van der Waals surface area contributed by atoms with Gasteiger partial charge in [-0.25, -0.2) is 0 Å². The molecule has 1 fully saturated rings. The zero-order valence-corrected chi connectivity index (χ0v) is 22.3. The minimum absolute atomic E-state index is 0.255. The van der Waals surface area contributed by atoms with Crippen LogP contribution >= 0.6 is 0 Å². The molecule has 0 amide bonds. The molecule has 36 heavy (non-hydrogen) atoms. The Balaban J connectivity index is 1.94. The van der Waals surface area contributed by atoms with E-state index < -0.39 is 43.4 Å². The van der Waals surface area contributed by atoms with Crippen LogP contribution in [0.15, 0.2) is 0 Å². The molecular formula is C27H52O9. The van der Waals surface area contributed by atoms with Crippen LogP contribution in [-0.4, -0.2) is 88.1 Å². The lowest BCUT2D eigenvalue weighted by Gasteiger charge is -2.39. The second kappa shape index (κ2) is 21.2. The van der Waals surface area contributed by atoms with Gasteiger partial charge in [0.2, 0.25) is 0 Å². The third kappa shape index (κ3) is 14.8. The quantitative estimate of drug-likeness (QED) is 0.107.